The van der Waals surface area contributed by atoms with Crippen LogP contribution in [0.5, 0.6) is 0 Å². The van der Waals surface area contributed by atoms with E-state index in [-0.39, 0.29) is 0 Å². The summed E-state index contributed by atoms with van der Waals surface area (Å²) in [6.07, 6.45) is 6.19. The Kier molecular flexibility index (Phi) is 3.62. The first kappa shape index (κ1) is 12.1. The number of hydrogen-bond donors (Lipinski definition) is 1. The zero-order valence-electron chi connectivity index (χ0n) is 11.2. The van der Waals surface area contributed by atoms with Crippen LogP contribution in [0.4, 0.5) is 0 Å². The molecule has 98 valence electrons. The molecule has 2 fully saturated rings. The lowest BCUT2D eigenvalue weighted by molar-refractivity contribution is 0.311. The summed E-state index contributed by atoms with van der Waals surface area (Å²) in [4.78, 5) is 7.10. The normalized spacial score (nSPS) is 24.6. The van der Waals surface area contributed by atoms with Gasteiger partial charge in [-0.1, -0.05) is 6.07 Å². The molecule has 2 heterocycles. The van der Waals surface area contributed by atoms with E-state index in [1.807, 2.05) is 6.20 Å². The standard InChI is InChI=1S/C15H23N3/c1-12-2-3-14(17-8-12)10-16-9-13-6-7-18(11-13)15-4-5-15/h2-3,8,13,15-16H,4-7,9-11H2,1H3. The van der Waals surface area contributed by atoms with Gasteiger partial charge in [0.25, 0.3) is 0 Å². The molecular weight excluding hydrogens is 222 g/mol. The molecule has 1 aliphatic carbocycles. The highest BCUT2D eigenvalue weighted by Gasteiger charge is 2.33. The summed E-state index contributed by atoms with van der Waals surface area (Å²) in [5.74, 6) is 0.844. The van der Waals surface area contributed by atoms with E-state index in [2.05, 4.69) is 34.3 Å². The van der Waals surface area contributed by atoms with Crippen molar-refractivity contribution in [2.45, 2.75) is 38.8 Å². The number of aromatic nitrogens is 1. The second-order valence-corrected chi connectivity index (χ2v) is 5.84. The topological polar surface area (TPSA) is 28.2 Å². The van der Waals surface area contributed by atoms with Crippen LogP contribution < -0.4 is 5.32 Å². The van der Waals surface area contributed by atoms with E-state index in [9.17, 15) is 0 Å². The maximum atomic E-state index is 4.42. The maximum absolute atomic E-state index is 4.42. The molecule has 1 aliphatic heterocycles. The molecule has 1 aromatic heterocycles. The first-order valence-corrected chi connectivity index (χ1v) is 7.17. The molecule has 0 radical (unpaired) electrons. The average molecular weight is 245 g/mol. The molecule has 2 aliphatic rings. The van der Waals surface area contributed by atoms with E-state index in [0.29, 0.717) is 0 Å². The third-order valence-electron chi connectivity index (χ3n) is 4.09. The fourth-order valence-corrected chi connectivity index (χ4v) is 2.81. The van der Waals surface area contributed by atoms with Crippen molar-refractivity contribution in [1.29, 1.82) is 0 Å². The number of pyridine rings is 1. The zero-order valence-corrected chi connectivity index (χ0v) is 11.2. The Morgan fingerprint density at radius 3 is 2.94 bits per heavy atom. The quantitative estimate of drug-likeness (QED) is 0.859. The minimum absolute atomic E-state index is 0.844. The van der Waals surface area contributed by atoms with E-state index in [1.54, 1.807) is 0 Å². The van der Waals surface area contributed by atoms with Gasteiger partial charge in [0.2, 0.25) is 0 Å². The van der Waals surface area contributed by atoms with Gasteiger partial charge in [0.05, 0.1) is 5.69 Å². The minimum Gasteiger partial charge on any atom is -0.311 e. The van der Waals surface area contributed by atoms with Gasteiger partial charge in [0.15, 0.2) is 0 Å². The smallest absolute Gasteiger partial charge is 0.0541 e. The third kappa shape index (κ3) is 3.09. The molecule has 18 heavy (non-hydrogen) atoms. The van der Waals surface area contributed by atoms with Crippen molar-refractivity contribution in [1.82, 2.24) is 15.2 Å². The monoisotopic (exact) mass is 245 g/mol. The summed E-state index contributed by atoms with van der Waals surface area (Å²) in [6, 6.07) is 5.19. The van der Waals surface area contributed by atoms with Crippen LogP contribution in [0.3, 0.4) is 0 Å². The van der Waals surface area contributed by atoms with Gasteiger partial charge in [-0.15, -0.1) is 0 Å². The third-order valence-corrected chi connectivity index (χ3v) is 4.09. The molecule has 3 nitrogen and oxygen atoms in total. The zero-order chi connectivity index (χ0) is 12.4. The van der Waals surface area contributed by atoms with Crippen molar-refractivity contribution in [3.63, 3.8) is 0 Å². The molecular formula is C15H23N3. The molecule has 1 aromatic rings. The van der Waals surface area contributed by atoms with Crippen LogP contribution in [0.25, 0.3) is 0 Å². The number of rotatable bonds is 5. The summed E-state index contributed by atoms with van der Waals surface area (Å²) in [6.45, 7) is 6.74. The van der Waals surface area contributed by atoms with E-state index in [1.165, 1.54) is 37.9 Å². The van der Waals surface area contributed by atoms with E-state index in [0.717, 1.165) is 30.7 Å². The Balaban J connectivity index is 1.38. The highest BCUT2D eigenvalue weighted by molar-refractivity contribution is 5.11. The summed E-state index contributed by atoms with van der Waals surface area (Å²) < 4.78 is 0. The first-order valence-electron chi connectivity index (χ1n) is 7.17. The van der Waals surface area contributed by atoms with Gasteiger partial charge in [-0.05, 0) is 56.8 Å². The van der Waals surface area contributed by atoms with Crippen LogP contribution in [0, 0.1) is 12.8 Å². The van der Waals surface area contributed by atoms with Gasteiger partial charge in [-0.3, -0.25) is 4.98 Å². The van der Waals surface area contributed by atoms with Crippen LogP contribution in [-0.4, -0.2) is 35.6 Å². The molecule has 1 unspecified atom stereocenters. The first-order chi connectivity index (χ1) is 8.81. The Morgan fingerprint density at radius 2 is 2.22 bits per heavy atom. The predicted octanol–water partition coefficient (Wildman–Crippen LogP) is 1.96. The van der Waals surface area contributed by atoms with Crippen LogP contribution in [0.2, 0.25) is 0 Å². The van der Waals surface area contributed by atoms with Crippen LogP contribution >= 0.6 is 0 Å². The largest absolute Gasteiger partial charge is 0.311 e. The van der Waals surface area contributed by atoms with Crippen LogP contribution in [0.15, 0.2) is 18.3 Å². The van der Waals surface area contributed by atoms with Crippen LogP contribution in [0.1, 0.15) is 30.5 Å². The number of hydrogen-bond acceptors (Lipinski definition) is 3. The number of likely N-dealkylation sites (tertiary alicyclic amines) is 1. The summed E-state index contributed by atoms with van der Waals surface area (Å²) >= 11 is 0. The summed E-state index contributed by atoms with van der Waals surface area (Å²) in [5.41, 5.74) is 2.38. The van der Waals surface area contributed by atoms with E-state index in [4.69, 9.17) is 0 Å². The van der Waals surface area contributed by atoms with E-state index < -0.39 is 0 Å². The van der Waals surface area contributed by atoms with E-state index >= 15 is 0 Å². The molecule has 1 saturated heterocycles. The molecule has 1 N–H and O–H groups in total. The van der Waals surface area contributed by atoms with Crippen molar-refractivity contribution >= 4 is 0 Å². The highest BCUT2D eigenvalue weighted by atomic mass is 15.2. The SMILES string of the molecule is Cc1ccc(CNCC2CCN(C3CC3)C2)nc1. The predicted molar refractivity (Wildman–Crippen MR) is 73.4 cm³/mol. The van der Waals surface area contributed by atoms with Gasteiger partial charge >= 0.3 is 0 Å². The van der Waals surface area contributed by atoms with Crippen molar-refractivity contribution in [2.75, 3.05) is 19.6 Å². The molecule has 0 spiro atoms. The lowest BCUT2D eigenvalue weighted by Crippen LogP contribution is -2.27. The molecule has 3 rings (SSSR count). The molecule has 1 atom stereocenters. The van der Waals surface area contributed by atoms with Gasteiger partial charge in [0.1, 0.15) is 0 Å². The summed E-state index contributed by atoms with van der Waals surface area (Å²) in [7, 11) is 0. The summed E-state index contributed by atoms with van der Waals surface area (Å²) in [5, 5.41) is 3.55. The van der Waals surface area contributed by atoms with Crippen LogP contribution in [-0.2, 0) is 6.54 Å². The second-order valence-electron chi connectivity index (χ2n) is 5.84. The lowest BCUT2D eigenvalue weighted by atomic mass is 10.1. The number of nitrogens with one attached hydrogen (secondary N) is 1. The molecule has 0 aromatic carbocycles. The number of nitrogens with zero attached hydrogens (tertiary/aromatic N) is 2. The molecule has 3 heteroatoms. The average Bonchev–Trinajstić information content (AvgIpc) is 3.12. The van der Waals surface area contributed by atoms with Gasteiger partial charge in [-0.2, -0.15) is 0 Å². The Labute approximate surface area is 110 Å². The van der Waals surface area contributed by atoms with Gasteiger partial charge in [-0.25, -0.2) is 0 Å². The Morgan fingerprint density at radius 1 is 1.33 bits per heavy atom. The minimum atomic E-state index is 0.844. The van der Waals surface area contributed by atoms with Crippen molar-refractivity contribution < 1.29 is 0 Å². The Hall–Kier alpha value is -0.930. The Bertz CT molecular complexity index is 383. The lowest BCUT2D eigenvalue weighted by Gasteiger charge is -2.15. The second kappa shape index (κ2) is 5.37. The van der Waals surface area contributed by atoms with Gasteiger partial charge < -0.3 is 10.2 Å². The van der Waals surface area contributed by atoms with Crippen molar-refractivity contribution in [3.8, 4) is 0 Å². The number of aryl methyl sites for hydroxylation is 1. The van der Waals surface area contributed by atoms with Crippen molar-refractivity contribution in [3.05, 3.63) is 29.6 Å². The highest BCUT2D eigenvalue weighted by Crippen LogP contribution is 2.31. The molecule has 1 saturated carbocycles. The fraction of sp³-hybridized carbons (Fsp3) is 0.667. The molecule has 0 bridgehead atoms. The van der Waals surface area contributed by atoms with Gasteiger partial charge in [0, 0.05) is 25.3 Å². The van der Waals surface area contributed by atoms with Crippen molar-refractivity contribution in [2.24, 2.45) is 5.92 Å². The maximum Gasteiger partial charge on any atom is 0.0541 e. The molecule has 0 amide bonds. The fourth-order valence-electron chi connectivity index (χ4n) is 2.81.